The number of hydrogen-bond acceptors (Lipinski definition) is 3. The minimum absolute atomic E-state index is 0. The smallest absolute Gasteiger partial charge is 0.138 e. The topological polar surface area (TPSA) is 46.2 Å². The van der Waals surface area contributed by atoms with Crippen molar-refractivity contribution in [3.8, 4) is 5.75 Å². The summed E-state index contributed by atoms with van der Waals surface area (Å²) in [5, 5.41) is 9.34. The predicted octanol–water partition coefficient (Wildman–Crippen LogP) is 3.36. The third-order valence-electron chi connectivity index (χ3n) is 2.55. The van der Waals surface area contributed by atoms with Crippen LogP contribution in [0.5, 0.6) is 5.75 Å². The molecule has 94 valence electrons. The lowest BCUT2D eigenvalue weighted by Crippen LogP contribution is -2.02. The van der Waals surface area contributed by atoms with E-state index in [0.717, 1.165) is 16.0 Å². The van der Waals surface area contributed by atoms with Crippen LogP contribution in [0.4, 0.5) is 5.69 Å². The van der Waals surface area contributed by atoms with Crippen LogP contribution in [0.15, 0.2) is 48.5 Å². The molecule has 0 aliphatic rings. The molecule has 0 radical (unpaired) electrons. The largest absolute Gasteiger partial charge is 0.506 e. The van der Waals surface area contributed by atoms with Gasteiger partial charge in [0.05, 0.1) is 5.69 Å². The van der Waals surface area contributed by atoms with Crippen LogP contribution in [0, 0.1) is 0 Å². The highest BCUT2D eigenvalue weighted by Crippen LogP contribution is 2.21. The van der Waals surface area contributed by atoms with E-state index in [4.69, 9.17) is 18.0 Å². The fourth-order valence-electron chi connectivity index (χ4n) is 1.63. The second-order valence-corrected chi connectivity index (χ2v) is 4.35. The molecular weight excluding hydrogens is 266 g/mol. The van der Waals surface area contributed by atoms with Crippen molar-refractivity contribution >= 4 is 35.2 Å². The van der Waals surface area contributed by atoms with E-state index in [0.29, 0.717) is 12.1 Å². The zero-order valence-corrected chi connectivity index (χ0v) is 11.3. The number of aromatic hydroxyl groups is 1. The Morgan fingerprint density at radius 1 is 1.11 bits per heavy atom. The number of nitrogen functional groups attached to an aromatic ring is 1. The second kappa shape index (κ2) is 6.38. The van der Waals surface area contributed by atoms with Crippen LogP contribution in [0.1, 0.15) is 11.1 Å². The molecule has 0 aliphatic heterocycles. The van der Waals surface area contributed by atoms with E-state index in [9.17, 15) is 5.11 Å². The van der Waals surface area contributed by atoms with Gasteiger partial charge in [0, 0.05) is 11.3 Å². The van der Waals surface area contributed by atoms with Crippen molar-refractivity contribution in [3.05, 3.63) is 59.7 Å². The Hall–Kier alpha value is -1.58. The minimum atomic E-state index is 0. The Labute approximate surface area is 118 Å². The zero-order valence-electron chi connectivity index (χ0n) is 9.67. The summed E-state index contributed by atoms with van der Waals surface area (Å²) in [6.45, 7) is 0. The molecule has 0 heterocycles. The van der Waals surface area contributed by atoms with E-state index in [-0.39, 0.29) is 18.2 Å². The van der Waals surface area contributed by atoms with Crippen LogP contribution < -0.4 is 5.73 Å². The Balaban J connectivity index is 0.00000162. The fraction of sp³-hybridized carbons (Fsp3) is 0.0714. The van der Waals surface area contributed by atoms with Gasteiger partial charge in [0.15, 0.2) is 0 Å². The second-order valence-electron chi connectivity index (χ2n) is 3.86. The third kappa shape index (κ3) is 3.45. The summed E-state index contributed by atoms with van der Waals surface area (Å²) in [5.74, 6) is 0.111. The first-order valence-electron chi connectivity index (χ1n) is 5.32. The van der Waals surface area contributed by atoms with Crippen LogP contribution >= 0.6 is 24.6 Å². The van der Waals surface area contributed by atoms with Gasteiger partial charge in [-0.1, -0.05) is 48.6 Å². The number of hydrogen-bond donors (Lipinski definition) is 2. The summed E-state index contributed by atoms with van der Waals surface area (Å²) in [4.78, 5) is 0.871. The molecule has 2 aromatic rings. The number of phenols is 1. The van der Waals surface area contributed by atoms with Crippen molar-refractivity contribution in [3.63, 3.8) is 0 Å². The van der Waals surface area contributed by atoms with Crippen LogP contribution in [0.2, 0.25) is 0 Å². The minimum Gasteiger partial charge on any atom is -0.506 e. The van der Waals surface area contributed by atoms with Crippen LogP contribution in [-0.4, -0.2) is 9.97 Å². The summed E-state index contributed by atoms with van der Waals surface area (Å²) >= 11 is 5.38. The number of benzene rings is 2. The number of nitrogens with two attached hydrogens (primary N) is 1. The summed E-state index contributed by atoms with van der Waals surface area (Å²) in [7, 11) is 0. The average Bonchev–Trinajstić information content (AvgIpc) is 2.35. The van der Waals surface area contributed by atoms with Gasteiger partial charge in [0.25, 0.3) is 0 Å². The Bertz CT molecular complexity index is 543. The van der Waals surface area contributed by atoms with Gasteiger partial charge in [0.1, 0.15) is 5.75 Å². The molecule has 0 bridgehead atoms. The summed E-state index contributed by atoms with van der Waals surface area (Å²) in [6.07, 6.45) is 0.657. The molecule has 3 N–H and O–H groups in total. The first-order chi connectivity index (χ1) is 8.16. The van der Waals surface area contributed by atoms with Gasteiger partial charge in [-0.15, -0.1) is 12.4 Å². The van der Waals surface area contributed by atoms with E-state index in [1.807, 2.05) is 36.4 Å². The standard InChI is InChI=1S/C14H13NOS.ClH/c15-12-8-10(6-7-13(12)16)9-14(17)11-4-2-1-3-5-11;/h1-8,16H,9,15H2;1H. The van der Waals surface area contributed by atoms with E-state index < -0.39 is 0 Å². The quantitative estimate of drug-likeness (QED) is 0.392. The van der Waals surface area contributed by atoms with Crippen LogP contribution in [-0.2, 0) is 6.42 Å². The maximum Gasteiger partial charge on any atom is 0.138 e. The van der Waals surface area contributed by atoms with Crippen molar-refractivity contribution in [2.45, 2.75) is 6.42 Å². The van der Waals surface area contributed by atoms with Crippen LogP contribution in [0.3, 0.4) is 0 Å². The number of anilines is 1. The molecule has 0 spiro atoms. The highest BCUT2D eigenvalue weighted by molar-refractivity contribution is 7.80. The predicted molar refractivity (Wildman–Crippen MR) is 81.6 cm³/mol. The van der Waals surface area contributed by atoms with Crippen molar-refractivity contribution in [2.24, 2.45) is 0 Å². The Kier molecular flexibility index (Phi) is 5.13. The molecule has 2 nitrogen and oxygen atoms in total. The lowest BCUT2D eigenvalue weighted by atomic mass is 10.0. The molecule has 0 saturated carbocycles. The maximum atomic E-state index is 9.34. The van der Waals surface area contributed by atoms with Crippen molar-refractivity contribution in [2.75, 3.05) is 5.73 Å². The number of halogens is 1. The van der Waals surface area contributed by atoms with Gasteiger partial charge in [-0.3, -0.25) is 0 Å². The average molecular weight is 280 g/mol. The molecular formula is C14H14ClNOS. The van der Waals surface area contributed by atoms with Gasteiger partial charge in [0.2, 0.25) is 0 Å². The van der Waals surface area contributed by atoms with Gasteiger partial charge >= 0.3 is 0 Å². The third-order valence-corrected chi connectivity index (χ3v) is 2.93. The summed E-state index contributed by atoms with van der Waals surface area (Å²) < 4.78 is 0. The molecule has 0 fully saturated rings. The van der Waals surface area contributed by atoms with Gasteiger partial charge in [-0.25, -0.2) is 0 Å². The molecule has 0 unspecified atom stereocenters. The lowest BCUT2D eigenvalue weighted by Gasteiger charge is -2.06. The molecule has 0 amide bonds. The van der Waals surface area contributed by atoms with Gasteiger partial charge < -0.3 is 10.8 Å². The van der Waals surface area contributed by atoms with Gasteiger partial charge in [-0.2, -0.15) is 0 Å². The molecule has 0 aromatic heterocycles. The van der Waals surface area contributed by atoms with Crippen molar-refractivity contribution in [1.82, 2.24) is 0 Å². The summed E-state index contributed by atoms with van der Waals surface area (Å²) in [6, 6.07) is 15.1. The first kappa shape index (κ1) is 14.5. The van der Waals surface area contributed by atoms with Gasteiger partial charge in [-0.05, 0) is 23.3 Å². The van der Waals surface area contributed by atoms with E-state index in [1.54, 1.807) is 12.1 Å². The SMILES string of the molecule is Cl.Nc1cc(CC(=S)c2ccccc2)ccc1O. The molecule has 0 atom stereocenters. The first-order valence-corrected chi connectivity index (χ1v) is 5.73. The van der Waals surface area contributed by atoms with E-state index in [2.05, 4.69) is 0 Å². The van der Waals surface area contributed by atoms with Crippen molar-refractivity contribution in [1.29, 1.82) is 0 Å². The molecule has 2 rings (SSSR count). The van der Waals surface area contributed by atoms with E-state index in [1.165, 1.54) is 0 Å². The molecule has 18 heavy (non-hydrogen) atoms. The molecule has 4 heteroatoms. The molecule has 2 aromatic carbocycles. The Morgan fingerprint density at radius 3 is 2.39 bits per heavy atom. The Morgan fingerprint density at radius 2 is 1.78 bits per heavy atom. The lowest BCUT2D eigenvalue weighted by molar-refractivity contribution is 0.478. The highest BCUT2D eigenvalue weighted by atomic mass is 35.5. The number of rotatable bonds is 3. The highest BCUT2D eigenvalue weighted by Gasteiger charge is 2.04. The fourth-order valence-corrected chi connectivity index (χ4v) is 1.93. The van der Waals surface area contributed by atoms with Crippen LogP contribution in [0.25, 0.3) is 0 Å². The maximum absolute atomic E-state index is 9.34. The zero-order chi connectivity index (χ0) is 12.3. The summed E-state index contributed by atoms with van der Waals surface area (Å²) in [5.41, 5.74) is 8.09. The molecule has 0 saturated heterocycles. The monoisotopic (exact) mass is 279 g/mol. The van der Waals surface area contributed by atoms with Crippen molar-refractivity contribution < 1.29 is 5.11 Å². The number of thiocarbonyl (C=S) groups is 1. The number of phenolic OH excluding ortho intramolecular Hbond substituents is 1. The normalized spacial score (nSPS) is 9.56. The molecule has 0 aliphatic carbocycles. The van der Waals surface area contributed by atoms with E-state index >= 15 is 0 Å².